The molecule has 29 heavy (non-hydrogen) atoms. The zero-order valence-electron chi connectivity index (χ0n) is 16.5. The van der Waals surface area contributed by atoms with Crippen LogP contribution in [0.25, 0.3) is 0 Å². The van der Waals surface area contributed by atoms with E-state index in [-0.39, 0.29) is 29.5 Å². The van der Waals surface area contributed by atoms with Gasteiger partial charge >= 0.3 is 5.97 Å². The number of ether oxygens (including phenoxy) is 3. The van der Waals surface area contributed by atoms with Crippen LogP contribution in [0.2, 0.25) is 5.02 Å². The van der Waals surface area contributed by atoms with E-state index in [1.807, 2.05) is 0 Å². The van der Waals surface area contributed by atoms with Crippen molar-refractivity contribution in [2.75, 3.05) is 21.3 Å². The van der Waals surface area contributed by atoms with Gasteiger partial charge in [-0.2, -0.15) is 0 Å². The van der Waals surface area contributed by atoms with Crippen molar-refractivity contribution in [3.8, 4) is 17.2 Å². The largest absolute Gasteiger partial charge is 0.506 e. The van der Waals surface area contributed by atoms with Crippen molar-refractivity contribution in [1.29, 1.82) is 0 Å². The maximum atomic E-state index is 12.5. The molecule has 0 aliphatic carbocycles. The lowest BCUT2D eigenvalue weighted by Crippen LogP contribution is -2.30. The number of nitrogens with one attached hydrogen (secondary N) is 1. The maximum absolute atomic E-state index is 12.5. The van der Waals surface area contributed by atoms with Crippen molar-refractivity contribution in [2.24, 2.45) is 0 Å². The minimum Gasteiger partial charge on any atom is -0.506 e. The number of hydrogen-bond donors (Lipinski definition) is 2. The summed E-state index contributed by atoms with van der Waals surface area (Å²) in [5, 5.41) is 12.6. The van der Waals surface area contributed by atoms with Crippen LogP contribution < -0.4 is 14.8 Å². The minimum atomic E-state index is -0.585. The molecule has 2 aromatic carbocycles. The SMILES string of the molecule is COC(=O)CC(NC(=O)CCc1ccc(O)c(Cl)c1)c1ccc(OC)c(OC)c1. The molecule has 2 N–H and O–H groups in total. The summed E-state index contributed by atoms with van der Waals surface area (Å²) in [5.41, 5.74) is 1.51. The molecule has 0 fully saturated rings. The lowest BCUT2D eigenvalue weighted by atomic mass is 10.0. The number of phenols is 1. The molecule has 0 saturated heterocycles. The van der Waals surface area contributed by atoms with Crippen molar-refractivity contribution in [3.05, 3.63) is 52.5 Å². The highest BCUT2D eigenvalue weighted by atomic mass is 35.5. The van der Waals surface area contributed by atoms with Gasteiger partial charge in [-0.1, -0.05) is 23.7 Å². The molecule has 0 aliphatic rings. The van der Waals surface area contributed by atoms with Gasteiger partial charge < -0.3 is 24.6 Å². The number of benzene rings is 2. The van der Waals surface area contributed by atoms with E-state index in [0.29, 0.717) is 23.5 Å². The molecule has 0 spiro atoms. The molecule has 0 saturated carbocycles. The van der Waals surface area contributed by atoms with Gasteiger partial charge in [0.1, 0.15) is 5.75 Å². The van der Waals surface area contributed by atoms with Crippen molar-refractivity contribution in [3.63, 3.8) is 0 Å². The fourth-order valence-electron chi connectivity index (χ4n) is 2.80. The minimum absolute atomic E-state index is 0.00790. The van der Waals surface area contributed by atoms with Gasteiger partial charge in [-0.15, -0.1) is 0 Å². The summed E-state index contributed by atoms with van der Waals surface area (Å²) in [5.74, 6) is 0.344. The van der Waals surface area contributed by atoms with Gasteiger partial charge in [0.05, 0.1) is 38.8 Å². The van der Waals surface area contributed by atoms with Gasteiger partial charge in [0.2, 0.25) is 5.91 Å². The molecule has 156 valence electrons. The van der Waals surface area contributed by atoms with Crippen molar-refractivity contribution in [1.82, 2.24) is 5.32 Å². The van der Waals surface area contributed by atoms with Crippen LogP contribution in [0.3, 0.4) is 0 Å². The van der Waals surface area contributed by atoms with Gasteiger partial charge in [-0.25, -0.2) is 0 Å². The van der Waals surface area contributed by atoms with Crippen LogP contribution in [0.15, 0.2) is 36.4 Å². The Balaban J connectivity index is 2.12. The zero-order chi connectivity index (χ0) is 21.4. The highest BCUT2D eigenvalue weighted by molar-refractivity contribution is 6.32. The summed E-state index contributed by atoms with van der Waals surface area (Å²) in [7, 11) is 4.34. The molecule has 0 aromatic heterocycles. The van der Waals surface area contributed by atoms with Crippen LogP contribution in [0.1, 0.15) is 30.0 Å². The quantitative estimate of drug-likeness (QED) is 0.602. The van der Waals surface area contributed by atoms with Crippen LogP contribution in [-0.4, -0.2) is 38.3 Å². The number of amides is 1. The molecule has 7 nitrogen and oxygen atoms in total. The van der Waals surface area contributed by atoms with Crippen LogP contribution in [0.4, 0.5) is 0 Å². The molecule has 8 heteroatoms. The summed E-state index contributed by atoms with van der Waals surface area (Å²) in [6.07, 6.45) is 0.595. The molecule has 1 atom stereocenters. The molecule has 1 amide bonds. The Morgan fingerprint density at radius 2 is 1.79 bits per heavy atom. The van der Waals surface area contributed by atoms with E-state index in [2.05, 4.69) is 5.32 Å². The molecule has 0 heterocycles. The summed E-state index contributed by atoms with van der Waals surface area (Å²) in [4.78, 5) is 24.3. The van der Waals surface area contributed by atoms with Crippen LogP contribution >= 0.6 is 11.6 Å². The van der Waals surface area contributed by atoms with E-state index >= 15 is 0 Å². The van der Waals surface area contributed by atoms with Crippen LogP contribution in [-0.2, 0) is 20.7 Å². The number of phenolic OH excluding ortho intramolecular Hbond substituents is 1. The molecule has 0 bridgehead atoms. The third-order valence-corrected chi connectivity index (χ3v) is 4.70. The third kappa shape index (κ3) is 6.29. The highest BCUT2D eigenvalue weighted by Gasteiger charge is 2.20. The Morgan fingerprint density at radius 1 is 1.07 bits per heavy atom. The number of carbonyl (C=O) groups is 2. The topological polar surface area (TPSA) is 94.1 Å². The fourth-order valence-corrected chi connectivity index (χ4v) is 3.01. The summed E-state index contributed by atoms with van der Waals surface area (Å²) in [6, 6.07) is 9.40. The van der Waals surface area contributed by atoms with E-state index in [9.17, 15) is 14.7 Å². The van der Waals surface area contributed by atoms with Gasteiger partial charge in [0, 0.05) is 6.42 Å². The first-order chi connectivity index (χ1) is 13.9. The zero-order valence-corrected chi connectivity index (χ0v) is 17.3. The number of methoxy groups -OCH3 is 3. The average Bonchev–Trinajstić information content (AvgIpc) is 2.73. The van der Waals surface area contributed by atoms with Crippen LogP contribution in [0, 0.1) is 0 Å². The molecular formula is C21H24ClNO6. The first-order valence-corrected chi connectivity index (χ1v) is 9.31. The van der Waals surface area contributed by atoms with E-state index in [4.69, 9.17) is 25.8 Å². The van der Waals surface area contributed by atoms with E-state index < -0.39 is 12.0 Å². The van der Waals surface area contributed by atoms with Crippen molar-refractivity contribution < 1.29 is 28.9 Å². The molecule has 0 radical (unpaired) electrons. The first kappa shape index (κ1) is 22.4. The van der Waals surface area contributed by atoms with Crippen molar-refractivity contribution in [2.45, 2.75) is 25.3 Å². The number of esters is 1. The Labute approximate surface area is 174 Å². The van der Waals surface area contributed by atoms with Crippen LogP contribution in [0.5, 0.6) is 17.2 Å². The van der Waals surface area contributed by atoms with Gasteiger partial charge in [0.25, 0.3) is 0 Å². The van der Waals surface area contributed by atoms with E-state index in [0.717, 1.165) is 5.56 Å². The predicted molar refractivity (Wildman–Crippen MR) is 109 cm³/mol. The molecule has 1 unspecified atom stereocenters. The average molecular weight is 422 g/mol. The molecule has 2 aromatic rings. The van der Waals surface area contributed by atoms with Gasteiger partial charge in [-0.3, -0.25) is 9.59 Å². The lowest BCUT2D eigenvalue weighted by molar-refractivity contribution is -0.141. The number of halogens is 1. The van der Waals surface area contributed by atoms with Gasteiger partial charge in [0.15, 0.2) is 11.5 Å². The lowest BCUT2D eigenvalue weighted by Gasteiger charge is -2.20. The second kappa shape index (κ2) is 10.6. The molecule has 2 rings (SSSR count). The molecular weight excluding hydrogens is 398 g/mol. The standard InChI is InChI=1S/C21H24ClNO6/c1-27-18-8-6-14(11-19(18)28-2)16(12-21(26)29-3)23-20(25)9-5-13-4-7-17(24)15(22)10-13/h4,6-8,10-11,16,24H,5,9,12H2,1-3H3,(H,23,25). The Hall–Kier alpha value is -2.93. The fraction of sp³-hybridized carbons (Fsp3) is 0.333. The maximum Gasteiger partial charge on any atom is 0.307 e. The Bertz CT molecular complexity index is 870. The number of hydrogen-bond acceptors (Lipinski definition) is 6. The predicted octanol–water partition coefficient (Wildman–Crippen LogP) is 3.42. The Kier molecular flexibility index (Phi) is 8.15. The number of rotatable bonds is 9. The molecule has 0 aliphatic heterocycles. The second-order valence-electron chi connectivity index (χ2n) is 6.30. The summed E-state index contributed by atoms with van der Waals surface area (Å²) < 4.78 is 15.3. The second-order valence-corrected chi connectivity index (χ2v) is 6.71. The van der Waals surface area contributed by atoms with Crippen molar-refractivity contribution >= 4 is 23.5 Å². The smallest absolute Gasteiger partial charge is 0.307 e. The first-order valence-electron chi connectivity index (χ1n) is 8.93. The van der Waals surface area contributed by atoms with E-state index in [1.165, 1.54) is 27.4 Å². The van der Waals surface area contributed by atoms with Gasteiger partial charge in [-0.05, 0) is 41.8 Å². The Morgan fingerprint density at radius 3 is 2.41 bits per heavy atom. The third-order valence-electron chi connectivity index (χ3n) is 4.40. The monoisotopic (exact) mass is 421 g/mol. The number of carbonyl (C=O) groups excluding carboxylic acids is 2. The summed E-state index contributed by atoms with van der Waals surface area (Å²) in [6.45, 7) is 0. The number of aryl methyl sites for hydroxylation is 1. The highest BCUT2D eigenvalue weighted by Crippen LogP contribution is 2.31. The van der Waals surface area contributed by atoms with E-state index in [1.54, 1.807) is 30.3 Å². The number of aromatic hydroxyl groups is 1. The normalized spacial score (nSPS) is 11.4. The summed E-state index contributed by atoms with van der Waals surface area (Å²) >= 11 is 5.90.